The van der Waals surface area contributed by atoms with Gasteiger partial charge in [0.2, 0.25) is 0 Å². The highest BCUT2D eigenvalue weighted by Gasteiger charge is 2.25. The summed E-state index contributed by atoms with van der Waals surface area (Å²) in [6.07, 6.45) is 8.02. The van der Waals surface area contributed by atoms with E-state index >= 15 is 0 Å². The predicted molar refractivity (Wildman–Crippen MR) is 152 cm³/mol. The lowest BCUT2D eigenvalue weighted by molar-refractivity contribution is 0.110. The van der Waals surface area contributed by atoms with E-state index in [4.69, 9.17) is 22.9 Å². The molecule has 4 atom stereocenters. The molecule has 2 aliphatic rings. The Balaban J connectivity index is 0.000000263. The van der Waals surface area contributed by atoms with Crippen molar-refractivity contribution in [3.05, 3.63) is 70.3 Å². The molecule has 0 unspecified atom stereocenters. The van der Waals surface area contributed by atoms with Gasteiger partial charge in [0.25, 0.3) is 0 Å². The highest BCUT2D eigenvalue weighted by molar-refractivity contribution is 5.87. The van der Waals surface area contributed by atoms with Crippen LogP contribution in [0.25, 0.3) is 0 Å². The Hall–Kier alpha value is -3.41. The molecule has 1 saturated carbocycles. The number of likely N-dealkylation sites (tertiary alicyclic amines) is 1. The normalized spacial score (nSPS) is 21.9. The first-order valence-corrected chi connectivity index (χ1v) is 13.0. The van der Waals surface area contributed by atoms with Gasteiger partial charge < -0.3 is 27.8 Å². The zero-order valence-corrected chi connectivity index (χ0v) is 22.5. The molecule has 10 nitrogen and oxygen atoms in total. The third kappa shape index (κ3) is 12.8. The Morgan fingerprint density at radius 3 is 1.21 bits per heavy atom. The van der Waals surface area contributed by atoms with Crippen LogP contribution in [0.4, 0.5) is 0 Å². The van der Waals surface area contributed by atoms with E-state index in [2.05, 4.69) is 11.8 Å². The standard InChI is InChI=1S/C9H6O3.C8H6O2.C6H15N3.C6H14N2/c10-4-7-1-8(5-11)3-9(2-7)6-12;9-5-7-2-1-3-8(4-7)6-10;1-2-9-3-5(7)6(8)4-9;7-5-3-1-2-4-6(5)8/h1-6H;1-6H;5-6H,2-4,7-8H2,1H3;5-6H,1-4,7-8H2/t;;2*5-,6-/m..11/s1. The molecule has 2 fully saturated rings. The Labute approximate surface area is 230 Å². The number of benzene rings is 2. The fourth-order valence-corrected chi connectivity index (χ4v) is 4.00. The lowest BCUT2D eigenvalue weighted by Crippen LogP contribution is -2.43. The zero-order chi connectivity index (χ0) is 29.2. The molecule has 39 heavy (non-hydrogen) atoms. The fourth-order valence-electron chi connectivity index (χ4n) is 4.00. The fraction of sp³-hybridized carbons (Fsp3) is 0.414. The molecule has 1 saturated heterocycles. The molecule has 2 aromatic carbocycles. The Kier molecular flexibility index (Phi) is 16.2. The Bertz CT molecular complexity index is 956. The quantitative estimate of drug-likeness (QED) is 0.392. The predicted octanol–water partition coefficient (Wildman–Crippen LogP) is 1.63. The van der Waals surface area contributed by atoms with Gasteiger partial charge in [-0.15, -0.1) is 0 Å². The molecular weight excluding hydrogens is 498 g/mol. The van der Waals surface area contributed by atoms with Gasteiger partial charge in [-0.25, -0.2) is 0 Å². The molecule has 0 spiro atoms. The van der Waals surface area contributed by atoms with E-state index < -0.39 is 0 Å². The van der Waals surface area contributed by atoms with Crippen molar-refractivity contribution in [2.24, 2.45) is 22.9 Å². The molecule has 1 aliphatic carbocycles. The number of nitrogens with two attached hydrogens (primary N) is 4. The molecule has 0 radical (unpaired) electrons. The molecule has 4 rings (SSSR count). The van der Waals surface area contributed by atoms with Crippen LogP contribution < -0.4 is 22.9 Å². The van der Waals surface area contributed by atoms with Gasteiger partial charge in [-0.1, -0.05) is 38.0 Å². The summed E-state index contributed by atoms with van der Waals surface area (Å²) in [6, 6.07) is 11.8. The summed E-state index contributed by atoms with van der Waals surface area (Å²) in [5.41, 5.74) is 24.7. The maximum absolute atomic E-state index is 10.3. The van der Waals surface area contributed by atoms with E-state index in [0.29, 0.717) is 59.2 Å². The summed E-state index contributed by atoms with van der Waals surface area (Å²) in [5.74, 6) is 0. The highest BCUT2D eigenvalue weighted by atomic mass is 16.1. The van der Waals surface area contributed by atoms with Gasteiger partial charge in [-0.2, -0.15) is 0 Å². The minimum Gasteiger partial charge on any atom is -0.326 e. The third-order valence-electron chi connectivity index (χ3n) is 6.40. The van der Waals surface area contributed by atoms with Gasteiger partial charge in [0.05, 0.1) is 0 Å². The number of aldehydes is 5. The summed E-state index contributed by atoms with van der Waals surface area (Å²) in [5, 5.41) is 0. The van der Waals surface area contributed by atoms with Crippen LogP contribution in [0.3, 0.4) is 0 Å². The number of likely N-dealkylation sites (N-methyl/N-ethyl adjacent to an activating group) is 1. The average molecular weight is 540 g/mol. The van der Waals surface area contributed by atoms with Crippen molar-refractivity contribution in [3.63, 3.8) is 0 Å². The van der Waals surface area contributed by atoms with E-state index in [-0.39, 0.29) is 24.2 Å². The van der Waals surface area contributed by atoms with Crippen molar-refractivity contribution < 1.29 is 24.0 Å². The second-order valence-corrected chi connectivity index (χ2v) is 9.48. The van der Waals surface area contributed by atoms with Crippen molar-refractivity contribution in [1.29, 1.82) is 0 Å². The second kappa shape index (κ2) is 18.8. The molecule has 1 aliphatic heterocycles. The smallest absolute Gasteiger partial charge is 0.150 e. The van der Waals surface area contributed by atoms with Gasteiger partial charge in [0.15, 0.2) is 0 Å². The molecule has 0 aromatic heterocycles. The van der Waals surface area contributed by atoms with Gasteiger partial charge in [-0.3, -0.25) is 24.0 Å². The van der Waals surface area contributed by atoms with E-state index in [0.717, 1.165) is 32.5 Å². The van der Waals surface area contributed by atoms with Crippen LogP contribution in [-0.4, -0.2) is 80.1 Å². The van der Waals surface area contributed by atoms with Gasteiger partial charge in [-0.05, 0) is 43.7 Å². The van der Waals surface area contributed by atoms with Crippen molar-refractivity contribution >= 4 is 31.4 Å². The lowest BCUT2D eigenvalue weighted by atomic mass is 9.92. The molecule has 10 heteroatoms. The summed E-state index contributed by atoms with van der Waals surface area (Å²) < 4.78 is 0. The van der Waals surface area contributed by atoms with Gasteiger partial charge in [0.1, 0.15) is 31.4 Å². The number of hydrogen-bond donors (Lipinski definition) is 4. The number of carbonyl (C=O) groups is 5. The van der Waals surface area contributed by atoms with Crippen molar-refractivity contribution in [1.82, 2.24) is 4.90 Å². The van der Waals surface area contributed by atoms with Crippen LogP contribution in [0.5, 0.6) is 0 Å². The maximum atomic E-state index is 10.3. The second-order valence-electron chi connectivity index (χ2n) is 9.48. The first kappa shape index (κ1) is 33.6. The van der Waals surface area contributed by atoms with Crippen molar-refractivity contribution in [2.45, 2.75) is 56.8 Å². The molecule has 8 N–H and O–H groups in total. The largest absolute Gasteiger partial charge is 0.326 e. The number of rotatable bonds is 6. The first-order valence-electron chi connectivity index (χ1n) is 13.0. The maximum Gasteiger partial charge on any atom is 0.150 e. The monoisotopic (exact) mass is 539 g/mol. The summed E-state index contributed by atoms with van der Waals surface area (Å²) in [6.45, 7) is 5.14. The summed E-state index contributed by atoms with van der Waals surface area (Å²) in [4.78, 5) is 53.5. The van der Waals surface area contributed by atoms with Crippen LogP contribution in [0.15, 0.2) is 42.5 Å². The minimum absolute atomic E-state index is 0.199. The average Bonchev–Trinajstić information content (AvgIpc) is 3.32. The van der Waals surface area contributed by atoms with Crippen LogP contribution in [0.1, 0.15) is 84.4 Å². The van der Waals surface area contributed by atoms with Crippen molar-refractivity contribution in [2.75, 3.05) is 19.6 Å². The van der Waals surface area contributed by atoms with Crippen LogP contribution in [0.2, 0.25) is 0 Å². The van der Waals surface area contributed by atoms with Crippen molar-refractivity contribution in [3.8, 4) is 0 Å². The van der Waals surface area contributed by atoms with E-state index in [1.165, 1.54) is 31.0 Å². The van der Waals surface area contributed by atoms with E-state index in [9.17, 15) is 24.0 Å². The topological polar surface area (TPSA) is 193 Å². The first-order chi connectivity index (χ1) is 18.7. The molecule has 212 valence electrons. The highest BCUT2D eigenvalue weighted by Crippen LogP contribution is 2.14. The van der Waals surface area contributed by atoms with Crippen LogP contribution in [-0.2, 0) is 0 Å². The zero-order valence-electron chi connectivity index (χ0n) is 22.5. The van der Waals surface area contributed by atoms with Crippen LogP contribution >= 0.6 is 0 Å². The van der Waals surface area contributed by atoms with Gasteiger partial charge in [0, 0.05) is 65.1 Å². The lowest BCUT2D eigenvalue weighted by Gasteiger charge is -2.24. The molecule has 0 amide bonds. The molecule has 2 aromatic rings. The molecule has 0 bridgehead atoms. The third-order valence-corrected chi connectivity index (χ3v) is 6.40. The number of hydrogen-bond acceptors (Lipinski definition) is 10. The van der Waals surface area contributed by atoms with Gasteiger partial charge >= 0.3 is 0 Å². The molecule has 1 heterocycles. The number of carbonyl (C=O) groups excluding carboxylic acids is 5. The SMILES string of the molecule is CCN1C[C@@H](N)[C@H](N)C1.N[C@@H]1CCCC[C@H]1N.O=Cc1cc(C=O)cc(C=O)c1.O=Cc1cccc(C=O)c1. The van der Waals surface area contributed by atoms with E-state index in [1.807, 2.05) is 0 Å². The Morgan fingerprint density at radius 1 is 0.615 bits per heavy atom. The summed E-state index contributed by atoms with van der Waals surface area (Å²) in [7, 11) is 0. The minimum atomic E-state index is 0.199. The molecular formula is C29H41N5O5. The Morgan fingerprint density at radius 2 is 0.949 bits per heavy atom. The van der Waals surface area contributed by atoms with E-state index in [1.54, 1.807) is 24.3 Å². The summed E-state index contributed by atoms with van der Waals surface area (Å²) >= 11 is 0. The van der Waals surface area contributed by atoms with Crippen LogP contribution in [0, 0.1) is 0 Å². The number of nitrogens with zero attached hydrogens (tertiary/aromatic N) is 1.